The van der Waals surface area contributed by atoms with Crippen LogP contribution in [0.5, 0.6) is 0 Å². The predicted octanol–water partition coefficient (Wildman–Crippen LogP) is 3.03. The van der Waals surface area contributed by atoms with Crippen molar-refractivity contribution in [1.82, 2.24) is 14.5 Å². The minimum atomic E-state index is 0.585. The van der Waals surface area contributed by atoms with Crippen LogP contribution >= 0.6 is 11.6 Å². The number of aryl methyl sites for hydroxylation is 2. The number of rotatable bonds is 8. The maximum atomic E-state index is 5.86. The summed E-state index contributed by atoms with van der Waals surface area (Å²) in [6.45, 7) is 2.63. The van der Waals surface area contributed by atoms with Gasteiger partial charge in [-0.15, -0.1) is 11.6 Å². The van der Waals surface area contributed by atoms with Gasteiger partial charge in [0.15, 0.2) is 5.65 Å². The van der Waals surface area contributed by atoms with Gasteiger partial charge in [-0.2, -0.15) is 0 Å². The molecule has 1 aliphatic carbocycles. The molecule has 5 heteroatoms. The number of ether oxygens (including phenoxy) is 1. The predicted molar refractivity (Wildman–Crippen MR) is 80.1 cm³/mol. The van der Waals surface area contributed by atoms with Crippen LogP contribution in [0.15, 0.2) is 18.3 Å². The number of pyridine rings is 1. The molecule has 0 bridgehead atoms. The van der Waals surface area contributed by atoms with E-state index in [1.54, 1.807) is 0 Å². The van der Waals surface area contributed by atoms with Crippen LogP contribution in [0.25, 0.3) is 11.2 Å². The van der Waals surface area contributed by atoms with Gasteiger partial charge >= 0.3 is 0 Å². The first-order valence-corrected chi connectivity index (χ1v) is 7.86. The van der Waals surface area contributed by atoms with E-state index in [1.807, 2.05) is 18.3 Å². The Bertz CT molecular complexity index is 565. The molecule has 1 fully saturated rings. The third kappa shape index (κ3) is 3.30. The molecule has 1 aliphatic rings. The molecule has 0 unspecified atom stereocenters. The van der Waals surface area contributed by atoms with Gasteiger partial charge in [-0.05, 0) is 37.3 Å². The van der Waals surface area contributed by atoms with Gasteiger partial charge < -0.3 is 9.30 Å². The summed E-state index contributed by atoms with van der Waals surface area (Å²) in [5.41, 5.74) is 1.90. The fourth-order valence-electron chi connectivity index (χ4n) is 2.37. The fourth-order valence-corrected chi connectivity index (χ4v) is 2.54. The third-order valence-electron chi connectivity index (χ3n) is 3.62. The number of imidazole rings is 1. The minimum Gasteiger partial charge on any atom is -0.381 e. The molecule has 2 aromatic heterocycles. The molecular weight excluding hydrogens is 274 g/mol. The van der Waals surface area contributed by atoms with Crippen LogP contribution in [0.2, 0.25) is 0 Å². The van der Waals surface area contributed by atoms with Crippen LogP contribution in [0.3, 0.4) is 0 Å². The van der Waals surface area contributed by atoms with Crippen molar-refractivity contribution in [2.45, 2.75) is 32.2 Å². The first kappa shape index (κ1) is 13.8. The Labute approximate surface area is 124 Å². The van der Waals surface area contributed by atoms with Crippen molar-refractivity contribution in [3.8, 4) is 0 Å². The van der Waals surface area contributed by atoms with Crippen LogP contribution in [0, 0.1) is 5.92 Å². The number of aromatic nitrogens is 3. The second-order valence-electron chi connectivity index (χ2n) is 5.34. The third-order valence-corrected chi connectivity index (χ3v) is 3.81. The van der Waals surface area contributed by atoms with Crippen molar-refractivity contribution < 1.29 is 4.74 Å². The van der Waals surface area contributed by atoms with E-state index in [9.17, 15) is 0 Å². The Balaban J connectivity index is 1.63. The number of hydrogen-bond acceptors (Lipinski definition) is 3. The van der Waals surface area contributed by atoms with Crippen LogP contribution in [0.1, 0.15) is 25.1 Å². The van der Waals surface area contributed by atoms with Gasteiger partial charge in [0.2, 0.25) is 0 Å². The average molecular weight is 294 g/mol. The molecular formula is C15H20ClN3O. The summed E-state index contributed by atoms with van der Waals surface area (Å²) >= 11 is 5.86. The lowest BCUT2D eigenvalue weighted by Gasteiger charge is -2.08. The Morgan fingerprint density at radius 2 is 2.30 bits per heavy atom. The van der Waals surface area contributed by atoms with Crippen LogP contribution < -0.4 is 0 Å². The van der Waals surface area contributed by atoms with Crippen molar-refractivity contribution in [3.63, 3.8) is 0 Å². The van der Waals surface area contributed by atoms with E-state index in [-0.39, 0.29) is 0 Å². The van der Waals surface area contributed by atoms with E-state index in [2.05, 4.69) is 14.5 Å². The summed E-state index contributed by atoms with van der Waals surface area (Å²) in [4.78, 5) is 9.05. The van der Waals surface area contributed by atoms with E-state index in [0.29, 0.717) is 5.88 Å². The molecule has 0 aromatic carbocycles. The average Bonchev–Trinajstić information content (AvgIpc) is 3.22. The first-order valence-electron chi connectivity index (χ1n) is 7.32. The molecule has 0 radical (unpaired) electrons. The van der Waals surface area contributed by atoms with E-state index in [0.717, 1.165) is 55.5 Å². The maximum Gasteiger partial charge on any atom is 0.159 e. The van der Waals surface area contributed by atoms with Crippen LogP contribution in [-0.2, 0) is 17.7 Å². The van der Waals surface area contributed by atoms with E-state index >= 15 is 0 Å². The standard InChI is InChI=1S/C15H20ClN3O/c16-7-6-14-18-13-3-1-8-17-15(13)19(14)9-2-10-20-11-12-4-5-12/h1,3,8,12H,2,4-7,9-11H2. The Kier molecular flexibility index (Phi) is 4.53. The van der Waals surface area contributed by atoms with Crippen LogP contribution in [-0.4, -0.2) is 33.6 Å². The molecule has 0 aliphatic heterocycles. The SMILES string of the molecule is ClCCc1nc2cccnc2n1CCCOCC1CC1. The number of hydrogen-bond donors (Lipinski definition) is 0. The highest BCUT2D eigenvalue weighted by Gasteiger charge is 2.20. The lowest BCUT2D eigenvalue weighted by atomic mass is 10.4. The molecule has 1 saturated carbocycles. The second-order valence-corrected chi connectivity index (χ2v) is 5.71. The van der Waals surface area contributed by atoms with Gasteiger partial charge in [0.05, 0.1) is 0 Å². The zero-order valence-corrected chi connectivity index (χ0v) is 12.4. The highest BCUT2D eigenvalue weighted by atomic mass is 35.5. The summed E-state index contributed by atoms with van der Waals surface area (Å²) < 4.78 is 7.87. The smallest absolute Gasteiger partial charge is 0.159 e. The number of halogens is 1. The zero-order valence-electron chi connectivity index (χ0n) is 11.6. The molecule has 3 rings (SSSR count). The maximum absolute atomic E-state index is 5.86. The summed E-state index contributed by atoms with van der Waals surface area (Å²) in [6.07, 6.45) is 6.27. The summed E-state index contributed by atoms with van der Waals surface area (Å²) in [5.74, 6) is 2.44. The first-order chi connectivity index (χ1) is 9.88. The van der Waals surface area contributed by atoms with Gasteiger partial charge in [0.25, 0.3) is 0 Å². The van der Waals surface area contributed by atoms with Crippen molar-refractivity contribution in [3.05, 3.63) is 24.2 Å². The number of fused-ring (bicyclic) bond motifs is 1. The second kappa shape index (κ2) is 6.55. The highest BCUT2D eigenvalue weighted by Crippen LogP contribution is 2.28. The lowest BCUT2D eigenvalue weighted by Crippen LogP contribution is -2.08. The highest BCUT2D eigenvalue weighted by molar-refractivity contribution is 6.17. The van der Waals surface area contributed by atoms with Gasteiger partial charge in [0, 0.05) is 38.3 Å². The molecule has 0 spiro atoms. The molecule has 0 saturated heterocycles. The fraction of sp³-hybridized carbons (Fsp3) is 0.600. The molecule has 4 nitrogen and oxygen atoms in total. The molecule has 0 atom stereocenters. The van der Waals surface area contributed by atoms with Gasteiger partial charge in [-0.25, -0.2) is 9.97 Å². The zero-order chi connectivity index (χ0) is 13.8. The lowest BCUT2D eigenvalue weighted by molar-refractivity contribution is 0.119. The van der Waals surface area contributed by atoms with E-state index in [4.69, 9.17) is 16.3 Å². The van der Waals surface area contributed by atoms with Crippen molar-refractivity contribution in [2.24, 2.45) is 5.92 Å². The van der Waals surface area contributed by atoms with Crippen LogP contribution in [0.4, 0.5) is 0 Å². The normalized spacial score (nSPS) is 15.1. The van der Waals surface area contributed by atoms with Crippen molar-refractivity contribution in [2.75, 3.05) is 19.1 Å². The topological polar surface area (TPSA) is 39.9 Å². The number of alkyl halides is 1. The largest absolute Gasteiger partial charge is 0.381 e. The Morgan fingerprint density at radius 3 is 3.10 bits per heavy atom. The monoisotopic (exact) mass is 293 g/mol. The van der Waals surface area contributed by atoms with Crippen molar-refractivity contribution in [1.29, 1.82) is 0 Å². The van der Waals surface area contributed by atoms with Gasteiger partial charge in [0.1, 0.15) is 11.3 Å². The van der Waals surface area contributed by atoms with Crippen molar-refractivity contribution >= 4 is 22.8 Å². The van der Waals surface area contributed by atoms with E-state index < -0.39 is 0 Å². The number of nitrogens with zero attached hydrogens (tertiary/aromatic N) is 3. The molecule has 2 aromatic rings. The molecule has 0 amide bonds. The Hall–Kier alpha value is -1.13. The molecule has 20 heavy (non-hydrogen) atoms. The Morgan fingerprint density at radius 1 is 1.40 bits per heavy atom. The van der Waals surface area contributed by atoms with E-state index in [1.165, 1.54) is 12.8 Å². The summed E-state index contributed by atoms with van der Waals surface area (Å²) in [5, 5.41) is 0. The molecule has 0 N–H and O–H groups in total. The molecule has 2 heterocycles. The minimum absolute atomic E-state index is 0.585. The summed E-state index contributed by atoms with van der Waals surface area (Å²) in [7, 11) is 0. The summed E-state index contributed by atoms with van der Waals surface area (Å²) in [6, 6.07) is 3.92. The van der Waals surface area contributed by atoms with Gasteiger partial charge in [-0.3, -0.25) is 0 Å². The molecule has 108 valence electrons. The van der Waals surface area contributed by atoms with Gasteiger partial charge in [-0.1, -0.05) is 0 Å². The quantitative estimate of drug-likeness (QED) is 0.555.